The zero-order valence-corrected chi connectivity index (χ0v) is 22.7. The molecule has 1 amide bonds. The first kappa shape index (κ1) is 26.9. The van der Waals surface area contributed by atoms with Gasteiger partial charge in [0.25, 0.3) is 5.91 Å². The van der Waals surface area contributed by atoms with Gasteiger partial charge in [0.2, 0.25) is 5.95 Å². The number of halogens is 3. The molecule has 0 unspecified atom stereocenters. The number of amides is 1. The number of alkyl halides is 3. The van der Waals surface area contributed by atoms with Crippen LogP contribution in [0.1, 0.15) is 50.4 Å². The molecule has 1 saturated carbocycles. The van der Waals surface area contributed by atoms with Crippen molar-refractivity contribution < 1.29 is 27.8 Å². The second-order valence-corrected chi connectivity index (χ2v) is 11.4. The standard InChI is InChI=1S/C27H34F3N7O3/c1-26(15-38)24(39)37-11-5-6-18-21(37)23(35(26)2)34-25(32-18)31-17-12-16(13-17)14-40-19-7-8-20(27(28,29)30)33-22(19)36-9-3-4-10-36/h7-8,16-17,38H,3-6,9-15H2,1-2H3,(H,31,32,34)/t16-,17+,26-/m0/s1. The van der Waals surface area contributed by atoms with E-state index < -0.39 is 17.4 Å². The van der Waals surface area contributed by atoms with Gasteiger partial charge in [0.1, 0.15) is 16.9 Å². The first-order chi connectivity index (χ1) is 19.1. The van der Waals surface area contributed by atoms with E-state index in [-0.39, 0.29) is 30.3 Å². The Morgan fingerprint density at radius 3 is 2.55 bits per heavy atom. The lowest BCUT2D eigenvalue weighted by atomic mass is 9.81. The zero-order valence-electron chi connectivity index (χ0n) is 22.7. The number of carbonyl (C=O) groups excluding carboxylic acids is 1. The Bertz CT molecular complexity index is 1300. The molecule has 5 heterocycles. The van der Waals surface area contributed by atoms with Crippen molar-refractivity contribution in [2.75, 3.05) is 59.9 Å². The second kappa shape index (κ2) is 9.93. The number of hydrogen-bond acceptors (Lipinski definition) is 9. The van der Waals surface area contributed by atoms with Crippen LogP contribution < -0.4 is 24.8 Å². The number of anilines is 4. The molecule has 1 saturated heterocycles. The summed E-state index contributed by atoms with van der Waals surface area (Å²) in [4.78, 5) is 31.8. The van der Waals surface area contributed by atoms with Crippen LogP contribution in [-0.4, -0.2) is 77.4 Å². The van der Waals surface area contributed by atoms with Crippen LogP contribution in [0.15, 0.2) is 12.1 Å². The van der Waals surface area contributed by atoms with Crippen molar-refractivity contribution in [3.63, 3.8) is 0 Å². The fourth-order valence-corrected chi connectivity index (χ4v) is 6.04. The number of hydrogen-bond donors (Lipinski definition) is 2. The Balaban J connectivity index is 1.11. The number of pyridine rings is 1. The largest absolute Gasteiger partial charge is 0.489 e. The predicted molar refractivity (Wildman–Crippen MR) is 143 cm³/mol. The van der Waals surface area contributed by atoms with Crippen molar-refractivity contribution in [3.05, 3.63) is 23.5 Å². The number of aryl methyl sites for hydroxylation is 1. The van der Waals surface area contributed by atoms with Gasteiger partial charge < -0.3 is 29.9 Å². The molecule has 4 aliphatic rings. The SMILES string of the molecule is CN1c2nc(N[C@H]3C[C@@H](COc4ccc(C(F)(F)F)nc4N4CCCC4)C3)nc3c2N(CCC3)C(=O)[C@]1(C)CO. The molecule has 2 N–H and O–H groups in total. The maximum atomic E-state index is 13.3. The van der Waals surface area contributed by atoms with Crippen LogP contribution in [-0.2, 0) is 17.4 Å². The number of nitrogens with zero attached hydrogens (tertiary/aromatic N) is 6. The Morgan fingerprint density at radius 2 is 1.85 bits per heavy atom. The third-order valence-corrected chi connectivity index (χ3v) is 8.65. The number of nitrogens with one attached hydrogen (secondary N) is 1. The highest BCUT2D eigenvalue weighted by Gasteiger charge is 2.49. The summed E-state index contributed by atoms with van der Waals surface area (Å²) in [6.07, 6.45) is 0.480. The van der Waals surface area contributed by atoms with E-state index in [4.69, 9.17) is 14.7 Å². The lowest BCUT2D eigenvalue weighted by Gasteiger charge is -2.48. The minimum Gasteiger partial charge on any atom is -0.489 e. The van der Waals surface area contributed by atoms with Gasteiger partial charge in [-0.25, -0.2) is 9.97 Å². The maximum absolute atomic E-state index is 13.3. The summed E-state index contributed by atoms with van der Waals surface area (Å²) < 4.78 is 45.8. The molecule has 216 valence electrons. The third-order valence-electron chi connectivity index (χ3n) is 8.65. The molecule has 0 aromatic carbocycles. The van der Waals surface area contributed by atoms with E-state index in [1.165, 1.54) is 6.07 Å². The van der Waals surface area contributed by atoms with E-state index in [0.717, 1.165) is 56.0 Å². The Hall–Kier alpha value is -3.35. The molecule has 2 aromatic rings. The molecule has 0 radical (unpaired) electrons. The van der Waals surface area contributed by atoms with E-state index in [0.29, 0.717) is 43.8 Å². The van der Waals surface area contributed by atoms with Gasteiger partial charge in [-0.3, -0.25) is 4.79 Å². The van der Waals surface area contributed by atoms with Gasteiger partial charge in [-0.05, 0) is 63.5 Å². The third kappa shape index (κ3) is 4.57. The lowest BCUT2D eigenvalue weighted by Crippen LogP contribution is -2.64. The molecule has 1 atom stereocenters. The van der Waals surface area contributed by atoms with E-state index >= 15 is 0 Å². The zero-order chi connectivity index (χ0) is 28.2. The fraction of sp³-hybridized carbons (Fsp3) is 0.630. The lowest BCUT2D eigenvalue weighted by molar-refractivity contribution is -0.141. The van der Waals surface area contributed by atoms with Crippen LogP contribution in [0.4, 0.5) is 36.4 Å². The number of ether oxygens (including phenoxy) is 1. The van der Waals surface area contributed by atoms with Gasteiger partial charge in [0.15, 0.2) is 17.4 Å². The normalized spacial score (nSPS) is 26.1. The quantitative estimate of drug-likeness (QED) is 0.527. The summed E-state index contributed by atoms with van der Waals surface area (Å²) in [5.41, 5.74) is -0.444. The molecule has 1 aliphatic carbocycles. The van der Waals surface area contributed by atoms with Gasteiger partial charge in [-0.2, -0.15) is 18.2 Å². The second-order valence-electron chi connectivity index (χ2n) is 11.4. The van der Waals surface area contributed by atoms with E-state index in [1.807, 2.05) is 4.90 Å². The van der Waals surface area contributed by atoms with Crippen molar-refractivity contribution in [3.8, 4) is 5.75 Å². The Kier molecular flexibility index (Phi) is 6.67. The van der Waals surface area contributed by atoms with Crippen LogP contribution in [0, 0.1) is 5.92 Å². The molecule has 13 heteroatoms. The Morgan fingerprint density at radius 1 is 1.10 bits per heavy atom. The molecule has 10 nitrogen and oxygen atoms in total. The molecule has 40 heavy (non-hydrogen) atoms. The minimum absolute atomic E-state index is 0.127. The summed E-state index contributed by atoms with van der Waals surface area (Å²) >= 11 is 0. The molecule has 2 fully saturated rings. The van der Waals surface area contributed by atoms with Gasteiger partial charge in [-0.15, -0.1) is 0 Å². The van der Waals surface area contributed by atoms with Crippen molar-refractivity contribution >= 4 is 29.2 Å². The van der Waals surface area contributed by atoms with Crippen LogP contribution >= 0.6 is 0 Å². The minimum atomic E-state index is -4.50. The van der Waals surface area contributed by atoms with Crippen LogP contribution in [0.5, 0.6) is 5.75 Å². The average Bonchev–Trinajstić information content (AvgIpc) is 3.46. The monoisotopic (exact) mass is 561 g/mol. The molecule has 0 spiro atoms. The smallest absolute Gasteiger partial charge is 0.433 e. The molecule has 2 aromatic heterocycles. The summed E-state index contributed by atoms with van der Waals surface area (Å²) in [6.45, 7) is 3.70. The van der Waals surface area contributed by atoms with E-state index in [1.54, 1.807) is 23.8 Å². The number of likely N-dealkylation sites (N-methyl/N-ethyl adjacent to an activating group) is 1. The summed E-state index contributed by atoms with van der Waals surface area (Å²) in [6, 6.07) is 2.49. The highest BCUT2D eigenvalue weighted by Crippen LogP contribution is 2.43. The number of aromatic nitrogens is 3. The summed E-state index contributed by atoms with van der Waals surface area (Å²) in [7, 11) is 1.77. The molecule has 0 bridgehead atoms. The number of carbonyl (C=O) groups is 1. The first-order valence-corrected chi connectivity index (χ1v) is 13.9. The topological polar surface area (TPSA) is 107 Å². The Labute approximate surface area is 230 Å². The van der Waals surface area contributed by atoms with E-state index in [2.05, 4.69) is 10.3 Å². The summed E-state index contributed by atoms with van der Waals surface area (Å²) in [5, 5.41) is 13.5. The number of rotatable bonds is 7. The first-order valence-electron chi connectivity index (χ1n) is 13.9. The highest BCUT2D eigenvalue weighted by atomic mass is 19.4. The van der Waals surface area contributed by atoms with Gasteiger partial charge >= 0.3 is 6.18 Å². The maximum Gasteiger partial charge on any atom is 0.433 e. The van der Waals surface area contributed by atoms with Gasteiger partial charge in [0, 0.05) is 32.7 Å². The molecular formula is C27H34F3N7O3. The van der Waals surface area contributed by atoms with Crippen molar-refractivity contribution in [1.82, 2.24) is 15.0 Å². The van der Waals surface area contributed by atoms with E-state index in [9.17, 15) is 23.1 Å². The van der Waals surface area contributed by atoms with Crippen molar-refractivity contribution in [2.45, 2.75) is 63.2 Å². The average molecular weight is 562 g/mol. The van der Waals surface area contributed by atoms with Crippen LogP contribution in [0.25, 0.3) is 0 Å². The fourth-order valence-electron chi connectivity index (χ4n) is 6.04. The predicted octanol–water partition coefficient (Wildman–Crippen LogP) is 3.24. The van der Waals surface area contributed by atoms with Gasteiger partial charge in [0.05, 0.1) is 18.9 Å². The number of aliphatic hydroxyl groups excluding tert-OH is 1. The van der Waals surface area contributed by atoms with Crippen molar-refractivity contribution in [2.24, 2.45) is 5.92 Å². The van der Waals surface area contributed by atoms with Crippen LogP contribution in [0.2, 0.25) is 0 Å². The summed E-state index contributed by atoms with van der Waals surface area (Å²) in [5.74, 6) is 1.86. The molecular weight excluding hydrogens is 527 g/mol. The number of aliphatic hydroxyl groups is 1. The molecule has 6 rings (SSSR count). The molecule has 3 aliphatic heterocycles. The van der Waals surface area contributed by atoms with Crippen LogP contribution in [0.3, 0.4) is 0 Å². The highest BCUT2D eigenvalue weighted by molar-refractivity contribution is 6.08. The van der Waals surface area contributed by atoms with Crippen molar-refractivity contribution in [1.29, 1.82) is 0 Å². The van der Waals surface area contributed by atoms with Gasteiger partial charge in [-0.1, -0.05) is 0 Å².